The van der Waals surface area contributed by atoms with Crippen LogP contribution in [0.4, 0.5) is 9.52 Å². The van der Waals surface area contributed by atoms with Crippen LogP contribution in [0.1, 0.15) is 39.3 Å². The number of amides is 1. The van der Waals surface area contributed by atoms with Gasteiger partial charge in [0, 0.05) is 10.4 Å². The maximum absolute atomic E-state index is 13.1. The fourth-order valence-corrected chi connectivity index (χ4v) is 3.50. The van der Waals surface area contributed by atoms with Crippen LogP contribution in [-0.2, 0) is 12.8 Å². The summed E-state index contributed by atoms with van der Waals surface area (Å²) in [7, 11) is 0. The Balaban J connectivity index is 1.80. The molecule has 0 atom stereocenters. The van der Waals surface area contributed by atoms with Crippen LogP contribution in [0.2, 0.25) is 0 Å². The fraction of sp³-hybridized carbons (Fsp3) is 0.333. The summed E-state index contributed by atoms with van der Waals surface area (Å²) in [4.78, 5) is 17.9. The highest BCUT2D eigenvalue weighted by molar-refractivity contribution is 7.15. The van der Waals surface area contributed by atoms with Gasteiger partial charge in [0.25, 0.3) is 5.91 Å². The Labute approximate surface area is 120 Å². The van der Waals surface area contributed by atoms with Crippen LogP contribution >= 0.6 is 11.3 Å². The van der Waals surface area contributed by atoms with Crippen LogP contribution in [0.15, 0.2) is 18.2 Å². The predicted octanol–water partition coefficient (Wildman–Crippen LogP) is 3.72. The van der Waals surface area contributed by atoms with Gasteiger partial charge in [-0.25, -0.2) is 9.37 Å². The number of halogens is 1. The highest BCUT2D eigenvalue weighted by Crippen LogP contribution is 2.29. The highest BCUT2D eigenvalue weighted by Gasteiger charge is 2.17. The molecule has 0 radical (unpaired) electrons. The molecule has 3 nitrogen and oxygen atoms in total. The van der Waals surface area contributed by atoms with Gasteiger partial charge in [-0.15, -0.1) is 11.3 Å². The monoisotopic (exact) mass is 290 g/mol. The molecule has 0 saturated carbocycles. The van der Waals surface area contributed by atoms with Gasteiger partial charge in [-0.2, -0.15) is 0 Å². The molecular weight excluding hydrogens is 275 g/mol. The number of anilines is 1. The highest BCUT2D eigenvalue weighted by atomic mass is 32.1. The van der Waals surface area contributed by atoms with E-state index in [1.807, 2.05) is 0 Å². The quantitative estimate of drug-likeness (QED) is 0.916. The molecule has 1 aromatic carbocycles. The number of aromatic nitrogens is 1. The Morgan fingerprint density at radius 2 is 2.15 bits per heavy atom. The molecule has 1 N–H and O–H groups in total. The van der Waals surface area contributed by atoms with Crippen LogP contribution in [0.5, 0.6) is 0 Å². The molecule has 104 valence electrons. The van der Waals surface area contributed by atoms with Crippen molar-refractivity contribution >= 4 is 22.4 Å². The number of nitrogens with zero attached hydrogens (tertiary/aromatic N) is 1. The van der Waals surface area contributed by atoms with Crippen LogP contribution < -0.4 is 5.32 Å². The van der Waals surface area contributed by atoms with Crippen LogP contribution in [0.25, 0.3) is 0 Å². The van der Waals surface area contributed by atoms with Crippen molar-refractivity contribution in [1.29, 1.82) is 0 Å². The summed E-state index contributed by atoms with van der Waals surface area (Å²) in [5.74, 6) is -0.558. The first kappa shape index (κ1) is 13.2. The number of fused-ring (bicyclic) bond motifs is 1. The van der Waals surface area contributed by atoms with Crippen LogP contribution in [-0.4, -0.2) is 10.9 Å². The van der Waals surface area contributed by atoms with Crippen LogP contribution in [0.3, 0.4) is 0 Å². The second kappa shape index (κ2) is 5.32. The second-order valence-corrected chi connectivity index (χ2v) is 6.09. The molecule has 1 amide bonds. The molecule has 20 heavy (non-hydrogen) atoms. The molecule has 0 fully saturated rings. The van der Waals surface area contributed by atoms with Gasteiger partial charge in [0.15, 0.2) is 5.13 Å². The third-order valence-electron chi connectivity index (χ3n) is 3.50. The molecular formula is C15H15FN2OS. The number of rotatable bonds is 2. The molecule has 1 aliphatic rings. The molecule has 3 rings (SSSR count). The summed E-state index contributed by atoms with van der Waals surface area (Å²) < 4.78 is 13.1. The Hall–Kier alpha value is -1.75. The number of carbonyl (C=O) groups excluding carboxylic acids is 1. The molecule has 1 aliphatic carbocycles. The van der Waals surface area contributed by atoms with Crippen LogP contribution in [0, 0.1) is 12.7 Å². The zero-order valence-corrected chi connectivity index (χ0v) is 12.0. The molecule has 2 aromatic rings. The van der Waals surface area contributed by atoms with Crippen molar-refractivity contribution in [2.75, 3.05) is 5.32 Å². The average molecular weight is 290 g/mol. The fourth-order valence-electron chi connectivity index (χ4n) is 2.45. The van der Waals surface area contributed by atoms with Crippen molar-refractivity contribution < 1.29 is 9.18 Å². The van der Waals surface area contributed by atoms with Crippen molar-refractivity contribution in [3.63, 3.8) is 0 Å². The Morgan fingerprint density at radius 3 is 2.90 bits per heavy atom. The standard InChI is InChI=1S/C15H15FN2OS/c1-9-8-10(16)6-7-11(9)14(19)18-15-17-12-4-2-3-5-13(12)20-15/h6-8H,2-5H2,1H3,(H,17,18,19). The lowest BCUT2D eigenvalue weighted by atomic mass is 10.0. The lowest BCUT2D eigenvalue weighted by Gasteiger charge is -2.06. The molecule has 0 bridgehead atoms. The molecule has 0 saturated heterocycles. The van der Waals surface area contributed by atoms with Gasteiger partial charge in [0.05, 0.1) is 5.69 Å². The number of nitrogens with one attached hydrogen (secondary N) is 1. The van der Waals surface area contributed by atoms with Crippen molar-refractivity contribution in [2.45, 2.75) is 32.6 Å². The average Bonchev–Trinajstić information content (AvgIpc) is 2.80. The van der Waals surface area contributed by atoms with Gasteiger partial charge in [-0.1, -0.05) is 0 Å². The summed E-state index contributed by atoms with van der Waals surface area (Å²) >= 11 is 1.55. The van der Waals surface area contributed by atoms with Crippen molar-refractivity contribution in [3.8, 4) is 0 Å². The van der Waals surface area contributed by atoms with E-state index in [4.69, 9.17) is 0 Å². The number of thiazole rings is 1. The number of hydrogen-bond acceptors (Lipinski definition) is 3. The summed E-state index contributed by atoms with van der Waals surface area (Å²) in [6.45, 7) is 1.73. The van der Waals surface area contributed by atoms with Crippen molar-refractivity contribution in [1.82, 2.24) is 4.98 Å². The largest absolute Gasteiger partial charge is 0.298 e. The van der Waals surface area contributed by atoms with Gasteiger partial charge in [0.2, 0.25) is 0 Å². The maximum atomic E-state index is 13.1. The van der Waals surface area contributed by atoms with Crippen molar-refractivity contribution in [2.24, 2.45) is 0 Å². The first-order valence-electron chi connectivity index (χ1n) is 6.69. The zero-order chi connectivity index (χ0) is 14.1. The summed E-state index contributed by atoms with van der Waals surface area (Å²) in [6.07, 6.45) is 4.41. The maximum Gasteiger partial charge on any atom is 0.257 e. The molecule has 0 unspecified atom stereocenters. The van der Waals surface area contributed by atoms with Crippen molar-refractivity contribution in [3.05, 3.63) is 45.7 Å². The van der Waals surface area contributed by atoms with Gasteiger partial charge in [0.1, 0.15) is 5.82 Å². The van der Waals surface area contributed by atoms with E-state index in [0.717, 1.165) is 18.5 Å². The molecule has 1 aromatic heterocycles. The SMILES string of the molecule is Cc1cc(F)ccc1C(=O)Nc1nc2c(s1)CCCC2. The predicted molar refractivity (Wildman–Crippen MR) is 77.8 cm³/mol. The van der Waals surface area contributed by atoms with E-state index < -0.39 is 0 Å². The lowest BCUT2D eigenvalue weighted by molar-refractivity contribution is 0.102. The van der Waals surface area contributed by atoms with E-state index >= 15 is 0 Å². The molecule has 0 spiro atoms. The molecule has 1 heterocycles. The second-order valence-electron chi connectivity index (χ2n) is 5.01. The van der Waals surface area contributed by atoms with E-state index in [0.29, 0.717) is 16.3 Å². The van der Waals surface area contributed by atoms with Gasteiger partial charge >= 0.3 is 0 Å². The first-order valence-corrected chi connectivity index (χ1v) is 7.51. The normalized spacial score (nSPS) is 13.9. The molecule has 5 heteroatoms. The third kappa shape index (κ3) is 2.58. The Bertz CT molecular complexity index is 642. The number of benzene rings is 1. The van der Waals surface area contributed by atoms with Gasteiger partial charge < -0.3 is 0 Å². The number of hydrogen-bond donors (Lipinski definition) is 1. The van der Waals surface area contributed by atoms with E-state index in [1.54, 1.807) is 18.3 Å². The minimum Gasteiger partial charge on any atom is -0.298 e. The topological polar surface area (TPSA) is 42.0 Å². The van der Waals surface area contributed by atoms with E-state index in [2.05, 4.69) is 10.3 Å². The summed E-state index contributed by atoms with van der Waals surface area (Å²) in [6, 6.07) is 4.17. The summed E-state index contributed by atoms with van der Waals surface area (Å²) in [5, 5.41) is 3.47. The minimum atomic E-state index is -0.330. The smallest absolute Gasteiger partial charge is 0.257 e. The number of aryl methyl sites for hydroxylation is 3. The van der Waals surface area contributed by atoms with E-state index in [9.17, 15) is 9.18 Å². The first-order chi connectivity index (χ1) is 9.63. The zero-order valence-electron chi connectivity index (χ0n) is 11.2. The molecule has 0 aliphatic heterocycles. The van der Waals surface area contributed by atoms with E-state index in [-0.39, 0.29) is 11.7 Å². The number of carbonyl (C=O) groups is 1. The van der Waals surface area contributed by atoms with Gasteiger partial charge in [-0.3, -0.25) is 10.1 Å². The lowest BCUT2D eigenvalue weighted by Crippen LogP contribution is -2.13. The third-order valence-corrected chi connectivity index (χ3v) is 4.57. The minimum absolute atomic E-state index is 0.228. The summed E-state index contributed by atoms with van der Waals surface area (Å²) in [5.41, 5.74) is 2.23. The van der Waals surface area contributed by atoms with E-state index in [1.165, 1.54) is 35.9 Å². The Kier molecular flexibility index (Phi) is 3.53. The Morgan fingerprint density at radius 1 is 1.35 bits per heavy atom. The van der Waals surface area contributed by atoms with Gasteiger partial charge in [-0.05, 0) is 56.4 Å².